The molecule has 0 saturated heterocycles. The molecule has 0 saturated carbocycles. The highest BCUT2D eigenvalue weighted by molar-refractivity contribution is 6.30. The van der Waals surface area contributed by atoms with Crippen molar-refractivity contribution in [3.8, 4) is 11.4 Å². The van der Waals surface area contributed by atoms with Crippen molar-refractivity contribution in [2.24, 2.45) is 0 Å². The third kappa shape index (κ3) is 3.27. The van der Waals surface area contributed by atoms with Crippen molar-refractivity contribution < 1.29 is 9.53 Å². The van der Waals surface area contributed by atoms with E-state index >= 15 is 0 Å². The standard InChI is InChI=1S/C16H15ClN4O2/c1-2-23-14(22)9-19-16-15(12-5-3-4-8-18-12)20-13-7-6-11(17)10-21(13)16/h3-8,10,19H,2,9H2,1H3. The number of rotatable bonds is 5. The fraction of sp³-hybridized carbons (Fsp3) is 0.188. The number of aromatic nitrogens is 3. The molecule has 0 radical (unpaired) electrons. The minimum Gasteiger partial charge on any atom is -0.465 e. The van der Waals surface area contributed by atoms with Crippen molar-refractivity contribution in [1.82, 2.24) is 14.4 Å². The molecule has 0 fully saturated rings. The molecule has 0 amide bonds. The summed E-state index contributed by atoms with van der Waals surface area (Å²) in [7, 11) is 0. The quantitative estimate of drug-likeness (QED) is 0.728. The van der Waals surface area contributed by atoms with Gasteiger partial charge in [0.05, 0.1) is 17.3 Å². The van der Waals surface area contributed by atoms with Gasteiger partial charge in [-0.05, 0) is 31.2 Å². The van der Waals surface area contributed by atoms with E-state index in [1.807, 2.05) is 24.3 Å². The van der Waals surface area contributed by atoms with Crippen molar-refractivity contribution in [2.45, 2.75) is 6.92 Å². The molecule has 0 spiro atoms. The number of anilines is 1. The molecule has 0 aliphatic carbocycles. The van der Waals surface area contributed by atoms with Gasteiger partial charge in [-0.3, -0.25) is 14.2 Å². The normalized spacial score (nSPS) is 10.7. The number of imidazole rings is 1. The maximum absolute atomic E-state index is 11.6. The zero-order chi connectivity index (χ0) is 16.2. The Kier molecular flexibility index (Phi) is 4.43. The van der Waals surface area contributed by atoms with Crippen molar-refractivity contribution in [3.63, 3.8) is 0 Å². The van der Waals surface area contributed by atoms with Crippen molar-refractivity contribution in [3.05, 3.63) is 47.7 Å². The summed E-state index contributed by atoms with van der Waals surface area (Å²) in [6.45, 7) is 2.14. The molecule has 0 bridgehead atoms. The van der Waals surface area contributed by atoms with Gasteiger partial charge >= 0.3 is 5.97 Å². The monoisotopic (exact) mass is 330 g/mol. The van der Waals surface area contributed by atoms with Crippen molar-refractivity contribution >= 4 is 29.0 Å². The second kappa shape index (κ2) is 6.66. The Morgan fingerprint density at radius 1 is 1.35 bits per heavy atom. The van der Waals surface area contributed by atoms with Crippen LogP contribution in [0.15, 0.2) is 42.7 Å². The molecule has 7 heteroatoms. The zero-order valence-corrected chi connectivity index (χ0v) is 13.2. The lowest BCUT2D eigenvalue weighted by molar-refractivity contribution is -0.140. The molecule has 23 heavy (non-hydrogen) atoms. The number of nitrogens with one attached hydrogen (secondary N) is 1. The Morgan fingerprint density at radius 2 is 2.22 bits per heavy atom. The predicted octanol–water partition coefficient (Wildman–Crippen LogP) is 3.02. The first kappa shape index (κ1) is 15.3. The van der Waals surface area contributed by atoms with E-state index in [4.69, 9.17) is 16.3 Å². The van der Waals surface area contributed by atoms with Gasteiger partial charge in [0.15, 0.2) is 0 Å². The van der Waals surface area contributed by atoms with E-state index in [0.717, 1.165) is 0 Å². The van der Waals surface area contributed by atoms with E-state index < -0.39 is 0 Å². The number of carbonyl (C=O) groups excluding carboxylic acids is 1. The van der Waals surface area contributed by atoms with Gasteiger partial charge in [-0.2, -0.15) is 0 Å². The molecule has 118 valence electrons. The summed E-state index contributed by atoms with van der Waals surface area (Å²) in [6.07, 6.45) is 3.44. The first-order valence-electron chi connectivity index (χ1n) is 7.17. The summed E-state index contributed by atoms with van der Waals surface area (Å²) in [5, 5.41) is 3.64. The van der Waals surface area contributed by atoms with Gasteiger partial charge in [0.2, 0.25) is 0 Å². The Morgan fingerprint density at radius 3 is 2.96 bits per heavy atom. The van der Waals surface area contributed by atoms with Gasteiger partial charge in [-0.25, -0.2) is 4.98 Å². The van der Waals surface area contributed by atoms with E-state index in [9.17, 15) is 4.79 Å². The fourth-order valence-electron chi connectivity index (χ4n) is 2.24. The molecule has 0 aliphatic heterocycles. The maximum Gasteiger partial charge on any atom is 0.325 e. The highest BCUT2D eigenvalue weighted by atomic mass is 35.5. The molecule has 3 aromatic heterocycles. The molecule has 0 aromatic carbocycles. The Bertz CT molecular complexity index is 833. The molecule has 3 heterocycles. The van der Waals surface area contributed by atoms with Crippen LogP contribution in [0.1, 0.15) is 6.92 Å². The van der Waals surface area contributed by atoms with Crippen molar-refractivity contribution in [2.75, 3.05) is 18.5 Å². The molecule has 0 unspecified atom stereocenters. The maximum atomic E-state index is 11.6. The number of carbonyl (C=O) groups is 1. The minimum absolute atomic E-state index is 0.0357. The number of nitrogens with zero attached hydrogens (tertiary/aromatic N) is 3. The average molecular weight is 331 g/mol. The van der Waals surface area contributed by atoms with Gasteiger partial charge in [-0.1, -0.05) is 17.7 Å². The largest absolute Gasteiger partial charge is 0.465 e. The van der Waals surface area contributed by atoms with E-state index in [-0.39, 0.29) is 12.5 Å². The van der Waals surface area contributed by atoms with Gasteiger partial charge in [0.25, 0.3) is 0 Å². The lowest BCUT2D eigenvalue weighted by Gasteiger charge is -2.08. The van der Waals surface area contributed by atoms with Crippen LogP contribution in [-0.2, 0) is 9.53 Å². The lowest BCUT2D eigenvalue weighted by atomic mass is 10.2. The van der Waals surface area contributed by atoms with E-state index in [2.05, 4.69) is 15.3 Å². The lowest BCUT2D eigenvalue weighted by Crippen LogP contribution is -2.18. The van der Waals surface area contributed by atoms with E-state index in [1.165, 1.54) is 0 Å². The van der Waals surface area contributed by atoms with Crippen LogP contribution in [0.4, 0.5) is 5.82 Å². The Labute approximate surface area is 138 Å². The first-order chi connectivity index (χ1) is 11.2. The summed E-state index contributed by atoms with van der Waals surface area (Å²) in [6, 6.07) is 9.15. The molecule has 3 rings (SSSR count). The number of hydrogen-bond acceptors (Lipinski definition) is 5. The van der Waals surface area contributed by atoms with Gasteiger partial charge in [0, 0.05) is 12.4 Å². The van der Waals surface area contributed by atoms with E-state index in [0.29, 0.717) is 34.5 Å². The summed E-state index contributed by atoms with van der Waals surface area (Å²) >= 11 is 6.07. The minimum atomic E-state index is -0.337. The van der Waals surface area contributed by atoms with E-state index in [1.54, 1.807) is 29.8 Å². The molecule has 0 aliphatic rings. The molecule has 0 atom stereocenters. The van der Waals surface area contributed by atoms with Gasteiger partial charge < -0.3 is 10.1 Å². The predicted molar refractivity (Wildman–Crippen MR) is 88.6 cm³/mol. The molecular formula is C16H15ClN4O2. The summed E-state index contributed by atoms with van der Waals surface area (Å²) in [5.41, 5.74) is 2.07. The van der Waals surface area contributed by atoms with Crippen LogP contribution in [0.5, 0.6) is 0 Å². The van der Waals surface area contributed by atoms with Crippen LogP contribution in [-0.4, -0.2) is 33.5 Å². The van der Waals surface area contributed by atoms with Gasteiger partial charge in [-0.15, -0.1) is 0 Å². The summed E-state index contributed by atoms with van der Waals surface area (Å²) in [4.78, 5) is 20.5. The zero-order valence-electron chi connectivity index (χ0n) is 12.5. The van der Waals surface area contributed by atoms with Crippen LogP contribution in [0, 0.1) is 0 Å². The third-order valence-electron chi connectivity index (χ3n) is 3.20. The smallest absolute Gasteiger partial charge is 0.325 e. The third-order valence-corrected chi connectivity index (χ3v) is 3.42. The first-order valence-corrected chi connectivity index (χ1v) is 7.55. The van der Waals surface area contributed by atoms with Crippen LogP contribution < -0.4 is 5.32 Å². The highest BCUT2D eigenvalue weighted by Gasteiger charge is 2.16. The fourth-order valence-corrected chi connectivity index (χ4v) is 2.40. The van der Waals surface area contributed by atoms with Crippen LogP contribution >= 0.6 is 11.6 Å². The number of pyridine rings is 2. The number of hydrogen-bond donors (Lipinski definition) is 1. The number of halogens is 1. The number of esters is 1. The molecule has 6 nitrogen and oxygen atoms in total. The van der Waals surface area contributed by atoms with Crippen molar-refractivity contribution in [1.29, 1.82) is 0 Å². The molecule has 1 N–H and O–H groups in total. The van der Waals surface area contributed by atoms with Gasteiger partial charge in [0.1, 0.15) is 23.7 Å². The highest BCUT2D eigenvalue weighted by Crippen LogP contribution is 2.28. The number of fused-ring (bicyclic) bond motifs is 1. The second-order valence-electron chi connectivity index (χ2n) is 4.76. The average Bonchev–Trinajstić information content (AvgIpc) is 2.92. The Balaban J connectivity index is 2.04. The van der Waals surface area contributed by atoms with Crippen LogP contribution in [0.2, 0.25) is 5.02 Å². The summed E-state index contributed by atoms with van der Waals surface area (Å²) < 4.78 is 6.75. The Hall–Kier alpha value is -2.60. The SMILES string of the molecule is CCOC(=O)CNc1c(-c2ccccn2)nc2ccc(Cl)cn12. The molecular weight excluding hydrogens is 316 g/mol. The summed E-state index contributed by atoms with van der Waals surface area (Å²) in [5.74, 6) is 0.311. The molecule has 3 aromatic rings. The second-order valence-corrected chi connectivity index (χ2v) is 5.19. The van der Waals surface area contributed by atoms with Crippen LogP contribution in [0.25, 0.3) is 17.0 Å². The van der Waals surface area contributed by atoms with Crippen LogP contribution in [0.3, 0.4) is 0 Å². The number of ether oxygens (including phenoxy) is 1. The topological polar surface area (TPSA) is 68.5 Å².